The highest BCUT2D eigenvalue weighted by Gasteiger charge is 2.20. The number of carbonyl (C=O) groups excluding carboxylic acids is 2. The van der Waals surface area contributed by atoms with E-state index >= 15 is 0 Å². The van der Waals surface area contributed by atoms with Gasteiger partial charge in [-0.15, -0.1) is 0 Å². The fourth-order valence-electron chi connectivity index (χ4n) is 1.93. The van der Waals surface area contributed by atoms with Crippen LogP contribution < -0.4 is 0 Å². The largest absolute Gasteiger partial charge is 0.367 e. The van der Waals surface area contributed by atoms with Gasteiger partial charge in [-0.05, 0) is 17.7 Å². The summed E-state index contributed by atoms with van der Waals surface area (Å²) in [6.07, 6.45) is 0.941. The second kappa shape index (κ2) is 6.82. The highest BCUT2D eigenvalue weighted by Crippen LogP contribution is 2.11. The van der Waals surface area contributed by atoms with Crippen LogP contribution in [0.2, 0.25) is 0 Å². The fourth-order valence-corrected chi connectivity index (χ4v) is 2.20. The number of likely N-dealkylation sites (tertiary alicyclic amines) is 1. The summed E-state index contributed by atoms with van der Waals surface area (Å²) in [5.41, 5.74) is 1.03. The molecule has 0 aliphatic carbocycles. The number of ether oxygens (including phenoxy) is 1. The molecule has 0 N–H and O–H groups in total. The van der Waals surface area contributed by atoms with E-state index in [0.717, 1.165) is 10.0 Å². The van der Waals surface area contributed by atoms with Crippen molar-refractivity contribution in [2.45, 2.75) is 19.4 Å². The van der Waals surface area contributed by atoms with Gasteiger partial charge in [-0.2, -0.15) is 0 Å². The van der Waals surface area contributed by atoms with Gasteiger partial charge in [0.15, 0.2) is 0 Å². The molecule has 102 valence electrons. The third-order valence-electron chi connectivity index (χ3n) is 3.08. The number of Topliss-reactive ketones (excluding diaryl/α,β-unsaturated/α-hetero) is 1. The van der Waals surface area contributed by atoms with Crippen molar-refractivity contribution in [3.63, 3.8) is 0 Å². The van der Waals surface area contributed by atoms with Crippen LogP contribution in [0, 0.1) is 0 Å². The maximum absolute atomic E-state index is 11.8. The van der Waals surface area contributed by atoms with E-state index in [1.807, 2.05) is 24.3 Å². The van der Waals surface area contributed by atoms with E-state index in [9.17, 15) is 9.59 Å². The second-order valence-electron chi connectivity index (χ2n) is 4.54. The summed E-state index contributed by atoms with van der Waals surface area (Å²) in [7, 11) is 0. The number of benzene rings is 1. The van der Waals surface area contributed by atoms with Gasteiger partial charge < -0.3 is 9.64 Å². The molecule has 1 saturated heterocycles. The Kier molecular flexibility index (Phi) is 5.10. The van der Waals surface area contributed by atoms with Crippen molar-refractivity contribution in [2.24, 2.45) is 0 Å². The zero-order valence-corrected chi connectivity index (χ0v) is 12.2. The van der Waals surface area contributed by atoms with E-state index in [0.29, 0.717) is 32.5 Å². The number of hydrogen-bond acceptors (Lipinski definition) is 3. The number of nitrogens with zero attached hydrogens (tertiary/aromatic N) is 1. The molecule has 1 aromatic rings. The Morgan fingerprint density at radius 2 is 1.84 bits per heavy atom. The number of amides is 1. The molecule has 0 aromatic heterocycles. The first-order chi connectivity index (χ1) is 9.15. The normalized spacial score (nSPS) is 15.6. The van der Waals surface area contributed by atoms with E-state index in [-0.39, 0.29) is 18.3 Å². The minimum Gasteiger partial charge on any atom is -0.367 e. The van der Waals surface area contributed by atoms with E-state index in [1.54, 1.807) is 4.90 Å². The van der Waals surface area contributed by atoms with Crippen LogP contribution in [0.25, 0.3) is 0 Å². The quantitative estimate of drug-likeness (QED) is 0.852. The third kappa shape index (κ3) is 4.44. The van der Waals surface area contributed by atoms with E-state index < -0.39 is 0 Å². The first-order valence-corrected chi connectivity index (χ1v) is 7.06. The molecule has 0 saturated carbocycles. The molecule has 0 spiro atoms. The summed E-state index contributed by atoms with van der Waals surface area (Å²) in [5, 5.41) is 0. The van der Waals surface area contributed by atoms with E-state index in [4.69, 9.17) is 4.74 Å². The van der Waals surface area contributed by atoms with Crippen LogP contribution in [-0.2, 0) is 20.9 Å². The van der Waals surface area contributed by atoms with Crippen LogP contribution in [0.4, 0.5) is 0 Å². The Balaban J connectivity index is 1.72. The number of hydrogen-bond donors (Lipinski definition) is 0. The molecule has 2 rings (SSSR count). The Hall–Kier alpha value is -1.20. The van der Waals surface area contributed by atoms with Crippen molar-refractivity contribution in [3.05, 3.63) is 34.3 Å². The third-order valence-corrected chi connectivity index (χ3v) is 3.61. The Morgan fingerprint density at radius 3 is 2.47 bits per heavy atom. The Labute approximate surface area is 120 Å². The molecule has 1 aliphatic heterocycles. The lowest BCUT2D eigenvalue weighted by Crippen LogP contribution is -2.40. The molecule has 0 radical (unpaired) electrons. The summed E-state index contributed by atoms with van der Waals surface area (Å²) in [4.78, 5) is 24.6. The van der Waals surface area contributed by atoms with Crippen LogP contribution in [-0.4, -0.2) is 36.3 Å². The standard InChI is InChI=1S/C14H16BrNO3/c15-12-3-1-11(2-4-12)9-19-10-14(18)16-7-5-13(17)6-8-16/h1-4H,5-10H2. The topological polar surface area (TPSA) is 46.6 Å². The lowest BCUT2D eigenvalue weighted by molar-refractivity contribution is -0.139. The molecule has 1 heterocycles. The highest BCUT2D eigenvalue weighted by molar-refractivity contribution is 9.10. The Morgan fingerprint density at radius 1 is 1.21 bits per heavy atom. The molecule has 0 atom stereocenters. The molecule has 5 heteroatoms. The zero-order chi connectivity index (χ0) is 13.7. The number of halogens is 1. The number of carbonyl (C=O) groups is 2. The maximum Gasteiger partial charge on any atom is 0.248 e. The second-order valence-corrected chi connectivity index (χ2v) is 5.45. The molecule has 1 fully saturated rings. The van der Waals surface area contributed by atoms with Gasteiger partial charge in [-0.25, -0.2) is 0 Å². The van der Waals surface area contributed by atoms with Gasteiger partial charge in [-0.3, -0.25) is 9.59 Å². The fraction of sp³-hybridized carbons (Fsp3) is 0.429. The monoisotopic (exact) mass is 325 g/mol. The van der Waals surface area contributed by atoms with E-state index in [1.165, 1.54) is 0 Å². The smallest absolute Gasteiger partial charge is 0.248 e. The first kappa shape index (κ1) is 14.2. The van der Waals surface area contributed by atoms with Crippen molar-refractivity contribution in [1.29, 1.82) is 0 Å². The van der Waals surface area contributed by atoms with Crippen LogP contribution >= 0.6 is 15.9 Å². The predicted octanol–water partition coefficient (Wildman–Crippen LogP) is 2.16. The molecule has 0 bridgehead atoms. The SMILES string of the molecule is O=C1CCN(C(=O)COCc2ccc(Br)cc2)CC1. The summed E-state index contributed by atoms with van der Waals surface area (Å²) in [6, 6.07) is 7.79. The lowest BCUT2D eigenvalue weighted by Gasteiger charge is -2.25. The number of piperidine rings is 1. The summed E-state index contributed by atoms with van der Waals surface area (Å²) in [6.45, 7) is 1.55. The van der Waals surface area contributed by atoms with Gasteiger partial charge in [-0.1, -0.05) is 28.1 Å². The zero-order valence-electron chi connectivity index (χ0n) is 10.6. The van der Waals surface area contributed by atoms with Gasteiger partial charge in [0, 0.05) is 30.4 Å². The van der Waals surface area contributed by atoms with Crippen molar-refractivity contribution in [1.82, 2.24) is 4.90 Å². The molecular formula is C14H16BrNO3. The van der Waals surface area contributed by atoms with Gasteiger partial charge in [0.25, 0.3) is 0 Å². The van der Waals surface area contributed by atoms with Gasteiger partial charge >= 0.3 is 0 Å². The minimum absolute atomic E-state index is 0.0374. The number of rotatable bonds is 4. The highest BCUT2D eigenvalue weighted by atomic mass is 79.9. The van der Waals surface area contributed by atoms with Crippen molar-refractivity contribution in [2.75, 3.05) is 19.7 Å². The van der Waals surface area contributed by atoms with Crippen molar-refractivity contribution < 1.29 is 14.3 Å². The van der Waals surface area contributed by atoms with Crippen LogP contribution in [0.3, 0.4) is 0 Å². The van der Waals surface area contributed by atoms with Crippen LogP contribution in [0.5, 0.6) is 0 Å². The average Bonchev–Trinajstić information content (AvgIpc) is 2.41. The van der Waals surface area contributed by atoms with Crippen LogP contribution in [0.15, 0.2) is 28.7 Å². The summed E-state index contributed by atoms with van der Waals surface area (Å²) >= 11 is 3.36. The average molecular weight is 326 g/mol. The lowest BCUT2D eigenvalue weighted by atomic mass is 10.1. The Bertz CT molecular complexity index is 448. The first-order valence-electron chi connectivity index (χ1n) is 6.27. The summed E-state index contributed by atoms with van der Waals surface area (Å²) in [5.74, 6) is 0.199. The molecule has 4 nitrogen and oxygen atoms in total. The number of ketones is 1. The van der Waals surface area contributed by atoms with Gasteiger partial charge in [0.2, 0.25) is 5.91 Å². The van der Waals surface area contributed by atoms with Crippen molar-refractivity contribution >= 4 is 27.6 Å². The van der Waals surface area contributed by atoms with Gasteiger partial charge in [0.05, 0.1) is 6.61 Å². The van der Waals surface area contributed by atoms with Gasteiger partial charge in [0.1, 0.15) is 12.4 Å². The summed E-state index contributed by atoms with van der Waals surface area (Å²) < 4.78 is 6.43. The molecule has 1 aromatic carbocycles. The maximum atomic E-state index is 11.8. The molecule has 1 aliphatic rings. The van der Waals surface area contributed by atoms with Crippen molar-refractivity contribution in [3.8, 4) is 0 Å². The van der Waals surface area contributed by atoms with Crippen LogP contribution in [0.1, 0.15) is 18.4 Å². The molecule has 0 unspecified atom stereocenters. The molecular weight excluding hydrogens is 310 g/mol. The van der Waals surface area contributed by atoms with E-state index in [2.05, 4.69) is 15.9 Å². The predicted molar refractivity (Wildman–Crippen MR) is 74.6 cm³/mol. The molecule has 1 amide bonds. The minimum atomic E-state index is -0.0374. The molecule has 19 heavy (non-hydrogen) atoms.